The molecule has 0 saturated heterocycles. The van der Waals surface area contributed by atoms with Crippen molar-refractivity contribution in [3.63, 3.8) is 0 Å². The average molecular weight is 395 g/mol. The smallest absolute Gasteiger partial charge is 0.281 e. The number of aryl methyl sites for hydroxylation is 2. The molecule has 0 fully saturated rings. The van der Waals surface area contributed by atoms with E-state index in [0.29, 0.717) is 16.3 Å². The first-order valence-corrected chi connectivity index (χ1v) is 9.66. The molecule has 0 aliphatic rings. The average Bonchev–Trinajstić information content (AvgIpc) is 3.10. The SMILES string of the molecule is Cc1ccc(OCCC(=O)NNC(=O)c2sc(-c3ccccc3)nc2C)cc1. The summed E-state index contributed by atoms with van der Waals surface area (Å²) in [5, 5.41) is 0.765. The van der Waals surface area contributed by atoms with Crippen molar-refractivity contribution < 1.29 is 14.3 Å². The molecule has 0 aliphatic carbocycles. The van der Waals surface area contributed by atoms with Gasteiger partial charge >= 0.3 is 0 Å². The van der Waals surface area contributed by atoms with Crippen molar-refractivity contribution in [2.75, 3.05) is 6.61 Å². The topological polar surface area (TPSA) is 80.3 Å². The maximum atomic E-state index is 12.4. The van der Waals surface area contributed by atoms with Crippen molar-refractivity contribution in [1.82, 2.24) is 15.8 Å². The largest absolute Gasteiger partial charge is 0.493 e. The highest BCUT2D eigenvalue weighted by molar-refractivity contribution is 7.17. The molecule has 3 aromatic rings. The fourth-order valence-corrected chi connectivity index (χ4v) is 3.42. The molecule has 0 bridgehead atoms. The molecule has 1 aromatic heterocycles. The maximum absolute atomic E-state index is 12.4. The number of thiazole rings is 1. The molecule has 0 saturated carbocycles. The Morgan fingerprint density at radius 1 is 1.00 bits per heavy atom. The Balaban J connectivity index is 1.48. The van der Waals surface area contributed by atoms with E-state index < -0.39 is 0 Å². The van der Waals surface area contributed by atoms with Gasteiger partial charge < -0.3 is 4.74 Å². The number of ether oxygens (including phenoxy) is 1. The first kappa shape index (κ1) is 19.6. The van der Waals surface area contributed by atoms with E-state index in [1.807, 2.05) is 61.5 Å². The second-order valence-corrected chi connectivity index (χ2v) is 7.21. The van der Waals surface area contributed by atoms with Crippen LogP contribution in [0.5, 0.6) is 5.75 Å². The van der Waals surface area contributed by atoms with Crippen molar-refractivity contribution in [1.29, 1.82) is 0 Å². The predicted molar refractivity (Wildman–Crippen MR) is 109 cm³/mol. The van der Waals surface area contributed by atoms with Crippen molar-refractivity contribution in [3.8, 4) is 16.3 Å². The Morgan fingerprint density at radius 2 is 1.71 bits per heavy atom. The van der Waals surface area contributed by atoms with Crippen molar-refractivity contribution in [3.05, 3.63) is 70.7 Å². The molecule has 2 N–H and O–H groups in total. The molecule has 2 amide bonds. The van der Waals surface area contributed by atoms with Gasteiger partial charge in [0.15, 0.2) is 0 Å². The van der Waals surface area contributed by atoms with E-state index in [-0.39, 0.29) is 24.8 Å². The number of hydrogen-bond acceptors (Lipinski definition) is 5. The van der Waals surface area contributed by atoms with Crippen LogP contribution in [-0.4, -0.2) is 23.4 Å². The number of nitrogens with one attached hydrogen (secondary N) is 2. The Hall–Kier alpha value is -3.19. The van der Waals surface area contributed by atoms with Gasteiger partial charge in [0.2, 0.25) is 5.91 Å². The van der Waals surface area contributed by atoms with Gasteiger partial charge in [-0.25, -0.2) is 4.98 Å². The van der Waals surface area contributed by atoms with E-state index in [2.05, 4.69) is 15.8 Å². The second-order valence-electron chi connectivity index (χ2n) is 6.21. The number of aromatic nitrogens is 1. The van der Waals surface area contributed by atoms with E-state index in [4.69, 9.17) is 4.74 Å². The third kappa shape index (κ3) is 5.17. The molecule has 6 nitrogen and oxygen atoms in total. The van der Waals surface area contributed by atoms with Crippen molar-refractivity contribution >= 4 is 23.2 Å². The van der Waals surface area contributed by atoms with Gasteiger partial charge in [0.05, 0.1) is 18.7 Å². The predicted octanol–water partition coefficient (Wildman–Crippen LogP) is 3.66. The fraction of sp³-hybridized carbons (Fsp3) is 0.190. The number of rotatable bonds is 6. The van der Waals surface area contributed by atoms with Crippen LogP contribution < -0.4 is 15.6 Å². The van der Waals surface area contributed by atoms with Crippen molar-refractivity contribution in [2.45, 2.75) is 20.3 Å². The minimum absolute atomic E-state index is 0.130. The van der Waals surface area contributed by atoms with E-state index in [1.54, 1.807) is 6.92 Å². The Bertz CT molecular complexity index is 953. The number of hydrogen-bond donors (Lipinski definition) is 2. The number of carbonyl (C=O) groups is 2. The molecule has 0 atom stereocenters. The Morgan fingerprint density at radius 3 is 2.43 bits per heavy atom. The molecular formula is C21H21N3O3S. The van der Waals surface area contributed by atoms with Crippen molar-refractivity contribution in [2.24, 2.45) is 0 Å². The third-order valence-corrected chi connectivity index (χ3v) is 5.16. The third-order valence-electron chi connectivity index (χ3n) is 3.96. The van der Waals surface area contributed by atoms with E-state index >= 15 is 0 Å². The Labute approximate surface area is 167 Å². The quantitative estimate of drug-likeness (QED) is 0.624. The summed E-state index contributed by atoms with van der Waals surface area (Å²) in [6.07, 6.45) is 0.130. The van der Waals surface area contributed by atoms with Crippen LogP contribution in [0.1, 0.15) is 27.3 Å². The van der Waals surface area contributed by atoms with Gasteiger partial charge in [0.25, 0.3) is 5.91 Å². The zero-order valence-electron chi connectivity index (χ0n) is 15.7. The van der Waals surface area contributed by atoms with Gasteiger partial charge in [-0.1, -0.05) is 48.0 Å². The summed E-state index contributed by atoms with van der Waals surface area (Å²) in [5.41, 5.74) is 7.56. The second kappa shape index (κ2) is 9.14. The lowest BCUT2D eigenvalue weighted by Gasteiger charge is -2.08. The molecule has 1 heterocycles. The lowest BCUT2D eigenvalue weighted by Crippen LogP contribution is -2.42. The molecular weight excluding hydrogens is 374 g/mol. The van der Waals surface area contributed by atoms with Gasteiger partial charge in [0, 0.05) is 5.56 Å². The Kier molecular flexibility index (Phi) is 6.39. The van der Waals surface area contributed by atoms with E-state index in [0.717, 1.165) is 16.1 Å². The summed E-state index contributed by atoms with van der Waals surface area (Å²) >= 11 is 1.29. The van der Waals surface area contributed by atoms with Crippen LogP contribution in [0.25, 0.3) is 10.6 Å². The molecule has 3 rings (SSSR count). The first-order valence-electron chi connectivity index (χ1n) is 8.84. The molecule has 144 valence electrons. The van der Waals surface area contributed by atoms with Gasteiger partial charge in [-0.3, -0.25) is 20.4 Å². The standard InChI is InChI=1S/C21H21N3O3S/c1-14-8-10-17(11-9-14)27-13-12-18(25)23-24-20(26)19-15(2)22-21(28-19)16-6-4-3-5-7-16/h3-11H,12-13H2,1-2H3,(H,23,25)(H,24,26). The summed E-state index contributed by atoms with van der Waals surface area (Å²) in [4.78, 5) is 29.2. The van der Waals surface area contributed by atoms with Crippen LogP contribution in [0.15, 0.2) is 54.6 Å². The summed E-state index contributed by atoms with van der Waals surface area (Å²) in [6.45, 7) is 3.99. The summed E-state index contributed by atoms with van der Waals surface area (Å²) in [6, 6.07) is 17.2. The zero-order chi connectivity index (χ0) is 19.9. The van der Waals surface area contributed by atoms with E-state index in [9.17, 15) is 9.59 Å². The number of amides is 2. The normalized spacial score (nSPS) is 10.4. The molecule has 28 heavy (non-hydrogen) atoms. The lowest BCUT2D eigenvalue weighted by molar-refractivity contribution is -0.122. The minimum Gasteiger partial charge on any atom is -0.493 e. The van der Waals surface area contributed by atoms with Gasteiger partial charge in [-0.05, 0) is 26.0 Å². The molecule has 0 radical (unpaired) electrons. The van der Waals surface area contributed by atoms with Crippen LogP contribution >= 0.6 is 11.3 Å². The van der Waals surface area contributed by atoms with Gasteiger partial charge in [-0.15, -0.1) is 11.3 Å². The minimum atomic E-state index is -0.384. The molecule has 0 spiro atoms. The number of hydrazine groups is 1. The van der Waals surface area contributed by atoms with Crippen LogP contribution in [0, 0.1) is 13.8 Å². The maximum Gasteiger partial charge on any atom is 0.281 e. The first-order chi connectivity index (χ1) is 13.5. The number of carbonyl (C=O) groups excluding carboxylic acids is 2. The highest BCUT2D eigenvalue weighted by Crippen LogP contribution is 2.27. The van der Waals surface area contributed by atoms with E-state index in [1.165, 1.54) is 11.3 Å². The summed E-state index contributed by atoms with van der Waals surface area (Å²) in [5.74, 6) is -0.00735. The van der Waals surface area contributed by atoms with Crippen LogP contribution in [0.4, 0.5) is 0 Å². The van der Waals surface area contributed by atoms with Crippen LogP contribution in [0.3, 0.4) is 0 Å². The molecule has 2 aromatic carbocycles. The number of benzene rings is 2. The number of nitrogens with zero attached hydrogens (tertiary/aromatic N) is 1. The zero-order valence-corrected chi connectivity index (χ0v) is 16.5. The summed E-state index contributed by atoms with van der Waals surface area (Å²) < 4.78 is 5.51. The van der Waals surface area contributed by atoms with Crippen LogP contribution in [-0.2, 0) is 4.79 Å². The van der Waals surface area contributed by atoms with Gasteiger partial charge in [0.1, 0.15) is 15.6 Å². The van der Waals surface area contributed by atoms with Crippen LogP contribution in [0.2, 0.25) is 0 Å². The fourth-order valence-electron chi connectivity index (χ4n) is 2.45. The summed E-state index contributed by atoms with van der Waals surface area (Å²) in [7, 11) is 0. The highest BCUT2D eigenvalue weighted by atomic mass is 32.1. The molecule has 0 aliphatic heterocycles. The monoisotopic (exact) mass is 395 g/mol. The molecule has 0 unspecified atom stereocenters. The van der Waals surface area contributed by atoms with Gasteiger partial charge in [-0.2, -0.15) is 0 Å². The highest BCUT2D eigenvalue weighted by Gasteiger charge is 2.16. The lowest BCUT2D eigenvalue weighted by atomic mass is 10.2. The molecule has 7 heteroatoms.